The number of nitrogens with two attached hydrogens (primary N) is 1. The predicted molar refractivity (Wildman–Crippen MR) is 41.0 cm³/mol. The molecule has 1 aliphatic heterocycles. The van der Waals surface area contributed by atoms with E-state index in [0.717, 1.165) is 19.4 Å². The fraction of sp³-hybridized carbons (Fsp3) is 0.857. The van der Waals surface area contributed by atoms with E-state index in [4.69, 9.17) is 10.5 Å². The Labute approximate surface area is 66.1 Å². The zero-order valence-electron chi connectivity index (χ0n) is 6.72. The van der Waals surface area contributed by atoms with Crippen LogP contribution in [0.1, 0.15) is 12.8 Å². The maximum atomic E-state index is 11.0. The van der Waals surface area contributed by atoms with Crippen LogP contribution >= 0.6 is 0 Å². The van der Waals surface area contributed by atoms with Gasteiger partial charge in [0.2, 0.25) is 5.91 Å². The van der Waals surface area contributed by atoms with Crippen LogP contribution < -0.4 is 11.1 Å². The van der Waals surface area contributed by atoms with Crippen LogP contribution in [0.4, 0.5) is 0 Å². The summed E-state index contributed by atoms with van der Waals surface area (Å²) in [4.78, 5) is 11.0. The number of hydrogen-bond donors (Lipinski definition) is 2. The van der Waals surface area contributed by atoms with Crippen LogP contribution in [0.5, 0.6) is 0 Å². The summed E-state index contributed by atoms with van der Waals surface area (Å²) in [6.07, 6.45) is 1.67. The van der Waals surface area contributed by atoms with Gasteiger partial charge in [0.25, 0.3) is 0 Å². The summed E-state index contributed by atoms with van der Waals surface area (Å²) in [6.45, 7) is 1.13. The van der Waals surface area contributed by atoms with Crippen molar-refractivity contribution in [3.05, 3.63) is 0 Å². The van der Waals surface area contributed by atoms with Gasteiger partial charge in [0.1, 0.15) is 5.54 Å². The third-order valence-corrected chi connectivity index (χ3v) is 2.19. The van der Waals surface area contributed by atoms with Gasteiger partial charge in [-0.05, 0) is 19.9 Å². The molecular weight excluding hydrogens is 144 g/mol. The lowest BCUT2D eigenvalue weighted by atomic mass is 9.92. The summed E-state index contributed by atoms with van der Waals surface area (Å²) in [5.41, 5.74) is 4.62. The van der Waals surface area contributed by atoms with E-state index in [0.29, 0.717) is 6.61 Å². The molecule has 0 bridgehead atoms. The monoisotopic (exact) mass is 158 g/mol. The van der Waals surface area contributed by atoms with Crippen molar-refractivity contribution in [3.63, 3.8) is 0 Å². The van der Waals surface area contributed by atoms with Gasteiger partial charge in [-0.1, -0.05) is 0 Å². The van der Waals surface area contributed by atoms with Crippen molar-refractivity contribution in [2.75, 3.05) is 20.3 Å². The van der Waals surface area contributed by atoms with E-state index >= 15 is 0 Å². The maximum absolute atomic E-state index is 11.0. The zero-order chi connectivity index (χ0) is 8.32. The fourth-order valence-corrected chi connectivity index (χ4v) is 1.31. The second-order valence-electron chi connectivity index (χ2n) is 2.85. The molecule has 0 aromatic heterocycles. The molecule has 64 valence electrons. The first-order valence-corrected chi connectivity index (χ1v) is 3.78. The summed E-state index contributed by atoms with van der Waals surface area (Å²) in [6, 6.07) is 0. The van der Waals surface area contributed by atoms with Crippen molar-refractivity contribution >= 4 is 5.91 Å². The zero-order valence-corrected chi connectivity index (χ0v) is 6.72. The van der Waals surface area contributed by atoms with Crippen LogP contribution in [0.15, 0.2) is 0 Å². The molecule has 1 saturated heterocycles. The van der Waals surface area contributed by atoms with Gasteiger partial charge in [-0.2, -0.15) is 0 Å². The third kappa shape index (κ3) is 1.52. The molecule has 1 fully saturated rings. The highest BCUT2D eigenvalue weighted by molar-refractivity contribution is 5.84. The minimum atomic E-state index is -0.613. The standard InChI is InChI=1S/C7H14N2O2/c1-9-7(6(8)10)3-2-4-11-5-7/h9H,2-5H2,1H3,(H2,8,10). The Balaban J connectivity index is 2.64. The molecule has 4 heteroatoms. The number of carbonyl (C=O) groups is 1. The summed E-state index contributed by atoms with van der Waals surface area (Å²) in [7, 11) is 1.74. The SMILES string of the molecule is CNC1(C(N)=O)CCCOC1. The number of primary amides is 1. The highest BCUT2D eigenvalue weighted by Crippen LogP contribution is 2.17. The van der Waals surface area contributed by atoms with E-state index in [1.54, 1.807) is 7.05 Å². The lowest BCUT2D eigenvalue weighted by Crippen LogP contribution is -2.58. The van der Waals surface area contributed by atoms with Crippen molar-refractivity contribution in [3.8, 4) is 0 Å². The second kappa shape index (κ2) is 3.19. The van der Waals surface area contributed by atoms with Crippen molar-refractivity contribution < 1.29 is 9.53 Å². The molecule has 1 amide bonds. The first-order chi connectivity index (χ1) is 5.21. The van der Waals surface area contributed by atoms with Gasteiger partial charge >= 0.3 is 0 Å². The highest BCUT2D eigenvalue weighted by Gasteiger charge is 2.36. The number of amides is 1. The van der Waals surface area contributed by atoms with Gasteiger partial charge in [0, 0.05) is 6.61 Å². The highest BCUT2D eigenvalue weighted by atomic mass is 16.5. The molecule has 1 rings (SSSR count). The first kappa shape index (κ1) is 8.49. The Morgan fingerprint density at radius 2 is 2.45 bits per heavy atom. The van der Waals surface area contributed by atoms with Gasteiger partial charge in [-0.3, -0.25) is 4.79 Å². The summed E-state index contributed by atoms with van der Waals surface area (Å²) < 4.78 is 5.17. The van der Waals surface area contributed by atoms with Crippen molar-refractivity contribution in [1.82, 2.24) is 5.32 Å². The Bertz CT molecular complexity index is 153. The molecule has 4 nitrogen and oxygen atoms in total. The van der Waals surface area contributed by atoms with Gasteiger partial charge in [-0.15, -0.1) is 0 Å². The molecule has 1 unspecified atom stereocenters. The first-order valence-electron chi connectivity index (χ1n) is 3.78. The van der Waals surface area contributed by atoms with Gasteiger partial charge in [0.05, 0.1) is 6.61 Å². The number of hydrogen-bond acceptors (Lipinski definition) is 3. The molecular formula is C7H14N2O2. The number of nitrogens with one attached hydrogen (secondary N) is 1. The number of likely N-dealkylation sites (N-methyl/N-ethyl adjacent to an activating group) is 1. The average Bonchev–Trinajstić information content (AvgIpc) is 2.05. The Morgan fingerprint density at radius 3 is 2.73 bits per heavy atom. The van der Waals surface area contributed by atoms with E-state index in [9.17, 15) is 4.79 Å². The number of carbonyl (C=O) groups excluding carboxylic acids is 1. The lowest BCUT2D eigenvalue weighted by Gasteiger charge is -2.33. The molecule has 1 aliphatic rings. The van der Waals surface area contributed by atoms with E-state index in [1.165, 1.54) is 0 Å². The number of rotatable bonds is 2. The van der Waals surface area contributed by atoms with E-state index in [-0.39, 0.29) is 5.91 Å². The van der Waals surface area contributed by atoms with Crippen LogP contribution in [-0.2, 0) is 9.53 Å². The lowest BCUT2D eigenvalue weighted by molar-refractivity contribution is -0.129. The third-order valence-electron chi connectivity index (χ3n) is 2.19. The summed E-state index contributed by atoms with van der Waals surface area (Å²) >= 11 is 0. The van der Waals surface area contributed by atoms with Gasteiger partial charge in [0.15, 0.2) is 0 Å². The predicted octanol–water partition coefficient (Wildman–Crippen LogP) is -0.760. The van der Waals surface area contributed by atoms with E-state index < -0.39 is 5.54 Å². The molecule has 0 aliphatic carbocycles. The average molecular weight is 158 g/mol. The second-order valence-corrected chi connectivity index (χ2v) is 2.85. The topological polar surface area (TPSA) is 64.3 Å². The summed E-state index contributed by atoms with van der Waals surface area (Å²) in [5, 5.41) is 2.92. The Morgan fingerprint density at radius 1 is 1.73 bits per heavy atom. The molecule has 0 aromatic carbocycles. The molecule has 3 N–H and O–H groups in total. The molecule has 0 spiro atoms. The maximum Gasteiger partial charge on any atom is 0.240 e. The number of ether oxygens (including phenoxy) is 1. The normalized spacial score (nSPS) is 31.7. The van der Waals surface area contributed by atoms with Crippen LogP contribution in [0.2, 0.25) is 0 Å². The largest absolute Gasteiger partial charge is 0.379 e. The summed E-state index contributed by atoms with van der Waals surface area (Å²) in [5.74, 6) is -0.320. The Kier molecular flexibility index (Phi) is 2.46. The Hall–Kier alpha value is -0.610. The minimum absolute atomic E-state index is 0.320. The molecule has 0 radical (unpaired) electrons. The molecule has 1 atom stereocenters. The van der Waals surface area contributed by atoms with E-state index in [2.05, 4.69) is 5.32 Å². The van der Waals surface area contributed by atoms with E-state index in [1.807, 2.05) is 0 Å². The quantitative estimate of drug-likeness (QED) is 0.555. The smallest absolute Gasteiger partial charge is 0.240 e. The minimum Gasteiger partial charge on any atom is -0.379 e. The molecule has 0 aromatic rings. The van der Waals surface area contributed by atoms with Crippen molar-refractivity contribution in [2.45, 2.75) is 18.4 Å². The molecule has 11 heavy (non-hydrogen) atoms. The van der Waals surface area contributed by atoms with Crippen LogP contribution in [0.3, 0.4) is 0 Å². The van der Waals surface area contributed by atoms with Gasteiger partial charge in [-0.25, -0.2) is 0 Å². The fourth-order valence-electron chi connectivity index (χ4n) is 1.31. The van der Waals surface area contributed by atoms with Crippen molar-refractivity contribution in [1.29, 1.82) is 0 Å². The molecule has 0 saturated carbocycles. The van der Waals surface area contributed by atoms with Crippen molar-refractivity contribution in [2.24, 2.45) is 5.73 Å². The molecule has 1 heterocycles. The van der Waals surface area contributed by atoms with Crippen LogP contribution in [0, 0.1) is 0 Å². The van der Waals surface area contributed by atoms with Gasteiger partial charge < -0.3 is 15.8 Å². The van der Waals surface area contributed by atoms with Crippen LogP contribution in [0.25, 0.3) is 0 Å². The van der Waals surface area contributed by atoms with Crippen LogP contribution in [-0.4, -0.2) is 31.7 Å².